The number of aromatic nitrogens is 3. The average Bonchev–Trinajstić information content (AvgIpc) is 2.90. The highest BCUT2D eigenvalue weighted by Gasteiger charge is 2.30. The van der Waals surface area contributed by atoms with Gasteiger partial charge in [0.25, 0.3) is 0 Å². The molecule has 0 aliphatic rings. The zero-order valence-electron chi connectivity index (χ0n) is 13.8. The Bertz CT molecular complexity index is 992. The van der Waals surface area contributed by atoms with Crippen LogP contribution in [0, 0.1) is 6.92 Å². The Morgan fingerprint density at radius 3 is 2.81 bits per heavy atom. The van der Waals surface area contributed by atoms with Crippen molar-refractivity contribution in [3.8, 4) is 0 Å². The second-order valence-corrected chi connectivity index (χ2v) is 5.73. The first-order valence-corrected chi connectivity index (χ1v) is 7.70. The number of amides is 1. The summed E-state index contributed by atoms with van der Waals surface area (Å²) in [6, 6.07) is 6.82. The summed E-state index contributed by atoms with van der Waals surface area (Å²) in [4.78, 5) is 15.7. The van der Waals surface area contributed by atoms with Gasteiger partial charge in [-0.1, -0.05) is 18.7 Å². The zero-order valence-corrected chi connectivity index (χ0v) is 13.8. The highest BCUT2D eigenvalue weighted by molar-refractivity contribution is 5.99. The summed E-state index contributed by atoms with van der Waals surface area (Å²) in [5.74, 6) is -0.361. The molecular formula is C18H15F3N4O. The quantitative estimate of drug-likeness (QED) is 0.717. The number of hydrogen-bond donors (Lipinski definition) is 1. The second-order valence-electron chi connectivity index (χ2n) is 5.73. The van der Waals surface area contributed by atoms with Crippen LogP contribution in [0.15, 0.2) is 49.2 Å². The molecule has 26 heavy (non-hydrogen) atoms. The van der Waals surface area contributed by atoms with Gasteiger partial charge in [0, 0.05) is 5.39 Å². The van der Waals surface area contributed by atoms with E-state index < -0.39 is 11.7 Å². The highest BCUT2D eigenvalue weighted by atomic mass is 19.4. The van der Waals surface area contributed by atoms with Crippen molar-refractivity contribution in [3.05, 3.63) is 66.0 Å². The van der Waals surface area contributed by atoms with Crippen LogP contribution in [-0.2, 0) is 17.5 Å². The van der Waals surface area contributed by atoms with E-state index in [2.05, 4.69) is 22.0 Å². The van der Waals surface area contributed by atoms with Crippen molar-refractivity contribution >= 4 is 22.6 Å². The SMILES string of the molecule is C=CC(=O)Nc1cnc2c(c1)c(C)nn2Cc1cccc(C(F)(F)F)c1. The first-order chi connectivity index (χ1) is 12.3. The molecule has 0 aliphatic carbocycles. The Hall–Kier alpha value is -3.16. The number of rotatable bonds is 4. The molecule has 0 atom stereocenters. The fourth-order valence-corrected chi connectivity index (χ4v) is 2.60. The average molecular weight is 360 g/mol. The maximum Gasteiger partial charge on any atom is 0.416 e. The lowest BCUT2D eigenvalue weighted by molar-refractivity contribution is -0.137. The summed E-state index contributed by atoms with van der Waals surface area (Å²) >= 11 is 0. The van der Waals surface area contributed by atoms with E-state index in [0.29, 0.717) is 28.0 Å². The largest absolute Gasteiger partial charge is 0.416 e. The van der Waals surface area contributed by atoms with Gasteiger partial charge in [0.2, 0.25) is 5.91 Å². The number of pyridine rings is 1. The van der Waals surface area contributed by atoms with Crippen LogP contribution in [0.5, 0.6) is 0 Å². The van der Waals surface area contributed by atoms with Gasteiger partial charge in [-0.2, -0.15) is 18.3 Å². The standard InChI is InChI=1S/C18H15F3N4O/c1-3-16(26)23-14-8-15-11(2)24-25(17(15)22-9-14)10-12-5-4-6-13(7-12)18(19,20)21/h3-9H,1,10H2,2H3,(H,23,26). The molecule has 1 N–H and O–H groups in total. The van der Waals surface area contributed by atoms with E-state index in [-0.39, 0.29) is 12.5 Å². The fourth-order valence-electron chi connectivity index (χ4n) is 2.60. The molecule has 1 amide bonds. The van der Waals surface area contributed by atoms with E-state index in [1.165, 1.54) is 12.3 Å². The molecule has 1 aromatic carbocycles. The summed E-state index contributed by atoms with van der Waals surface area (Å²) in [5.41, 5.74) is 1.44. The van der Waals surface area contributed by atoms with Gasteiger partial charge in [-0.15, -0.1) is 0 Å². The maximum atomic E-state index is 12.9. The first kappa shape index (κ1) is 17.7. The minimum Gasteiger partial charge on any atom is -0.321 e. The van der Waals surface area contributed by atoms with Crippen molar-refractivity contribution in [2.45, 2.75) is 19.6 Å². The first-order valence-electron chi connectivity index (χ1n) is 7.70. The number of alkyl halides is 3. The number of carbonyl (C=O) groups excluding carboxylic acids is 1. The number of benzene rings is 1. The summed E-state index contributed by atoms with van der Waals surface area (Å²) in [6.07, 6.45) is -1.78. The summed E-state index contributed by atoms with van der Waals surface area (Å²) in [6.45, 7) is 5.30. The van der Waals surface area contributed by atoms with Gasteiger partial charge in [-0.25, -0.2) is 9.67 Å². The van der Waals surface area contributed by atoms with E-state index in [1.807, 2.05) is 0 Å². The van der Waals surface area contributed by atoms with Crippen LogP contribution < -0.4 is 5.32 Å². The van der Waals surface area contributed by atoms with E-state index >= 15 is 0 Å². The number of halogens is 3. The molecule has 0 unspecified atom stereocenters. The van der Waals surface area contributed by atoms with E-state index in [9.17, 15) is 18.0 Å². The van der Waals surface area contributed by atoms with Crippen LogP contribution in [0.4, 0.5) is 18.9 Å². The van der Waals surface area contributed by atoms with Crippen LogP contribution in [0.2, 0.25) is 0 Å². The molecule has 2 heterocycles. The molecule has 2 aromatic heterocycles. The van der Waals surface area contributed by atoms with E-state index in [1.54, 1.807) is 23.7 Å². The number of nitrogens with zero attached hydrogens (tertiary/aromatic N) is 3. The van der Waals surface area contributed by atoms with Crippen molar-refractivity contribution in [2.24, 2.45) is 0 Å². The van der Waals surface area contributed by atoms with Crippen molar-refractivity contribution in [2.75, 3.05) is 5.32 Å². The Morgan fingerprint density at radius 2 is 2.12 bits per heavy atom. The zero-order chi connectivity index (χ0) is 18.9. The molecule has 0 saturated heterocycles. The van der Waals surface area contributed by atoms with Crippen molar-refractivity contribution in [1.82, 2.24) is 14.8 Å². The molecule has 0 aliphatic heterocycles. The third-order valence-corrected chi connectivity index (χ3v) is 3.81. The molecule has 0 fully saturated rings. The van der Waals surface area contributed by atoms with Crippen LogP contribution in [-0.4, -0.2) is 20.7 Å². The number of nitrogens with one attached hydrogen (secondary N) is 1. The number of fused-ring (bicyclic) bond motifs is 1. The van der Waals surface area contributed by atoms with Gasteiger partial charge in [0.05, 0.1) is 29.7 Å². The molecule has 0 saturated carbocycles. The van der Waals surface area contributed by atoms with Gasteiger partial charge in [-0.3, -0.25) is 4.79 Å². The number of carbonyl (C=O) groups is 1. The minimum atomic E-state index is -4.39. The molecule has 0 spiro atoms. The van der Waals surface area contributed by atoms with Gasteiger partial charge >= 0.3 is 6.18 Å². The smallest absolute Gasteiger partial charge is 0.321 e. The van der Waals surface area contributed by atoms with Crippen molar-refractivity contribution in [1.29, 1.82) is 0 Å². The number of aryl methyl sites for hydroxylation is 1. The lowest BCUT2D eigenvalue weighted by Crippen LogP contribution is -2.08. The molecule has 3 rings (SSSR count). The maximum absolute atomic E-state index is 12.9. The summed E-state index contributed by atoms with van der Waals surface area (Å²) in [5, 5.41) is 7.68. The molecule has 0 bridgehead atoms. The number of hydrogen-bond acceptors (Lipinski definition) is 3. The molecular weight excluding hydrogens is 345 g/mol. The van der Waals surface area contributed by atoms with Crippen molar-refractivity contribution < 1.29 is 18.0 Å². The molecule has 3 aromatic rings. The molecule has 0 radical (unpaired) electrons. The monoisotopic (exact) mass is 360 g/mol. The summed E-state index contributed by atoms with van der Waals surface area (Å²) < 4.78 is 40.1. The Labute approximate surface area is 147 Å². The predicted molar refractivity (Wildman–Crippen MR) is 91.6 cm³/mol. The van der Waals surface area contributed by atoms with Crippen LogP contribution in [0.25, 0.3) is 11.0 Å². The van der Waals surface area contributed by atoms with E-state index in [4.69, 9.17) is 0 Å². The molecule has 5 nitrogen and oxygen atoms in total. The molecule has 8 heteroatoms. The van der Waals surface area contributed by atoms with Gasteiger partial charge in [0.15, 0.2) is 5.65 Å². The van der Waals surface area contributed by atoms with Gasteiger partial charge in [-0.05, 0) is 36.8 Å². The Balaban J connectivity index is 1.94. The summed E-state index contributed by atoms with van der Waals surface area (Å²) in [7, 11) is 0. The fraction of sp³-hybridized carbons (Fsp3) is 0.167. The third-order valence-electron chi connectivity index (χ3n) is 3.81. The normalized spacial score (nSPS) is 11.5. The van der Waals surface area contributed by atoms with Crippen LogP contribution in [0.3, 0.4) is 0 Å². The third kappa shape index (κ3) is 3.58. The predicted octanol–water partition coefficient (Wildman–Crippen LogP) is 3.93. The van der Waals surface area contributed by atoms with Gasteiger partial charge in [0.1, 0.15) is 0 Å². The Kier molecular flexibility index (Phi) is 4.50. The van der Waals surface area contributed by atoms with Gasteiger partial charge < -0.3 is 5.32 Å². The van der Waals surface area contributed by atoms with Crippen LogP contribution in [0.1, 0.15) is 16.8 Å². The van der Waals surface area contributed by atoms with Crippen molar-refractivity contribution in [3.63, 3.8) is 0 Å². The Morgan fingerprint density at radius 1 is 1.35 bits per heavy atom. The topological polar surface area (TPSA) is 59.8 Å². The second kappa shape index (κ2) is 6.62. The number of anilines is 1. The lowest BCUT2D eigenvalue weighted by atomic mass is 10.1. The highest BCUT2D eigenvalue weighted by Crippen LogP contribution is 2.30. The van der Waals surface area contributed by atoms with E-state index in [0.717, 1.165) is 18.2 Å². The molecule has 134 valence electrons. The van der Waals surface area contributed by atoms with Crippen LogP contribution >= 0.6 is 0 Å². The minimum absolute atomic E-state index is 0.152. The lowest BCUT2D eigenvalue weighted by Gasteiger charge is -2.09.